The molecule has 0 spiro atoms. The number of aryl methyl sites for hydroxylation is 1. The Labute approximate surface area is 185 Å². The molecule has 0 radical (unpaired) electrons. The maximum Gasteiger partial charge on any atom is 0.255 e. The molecule has 0 aliphatic carbocycles. The van der Waals surface area contributed by atoms with Crippen LogP contribution < -0.4 is 14.8 Å². The maximum absolute atomic E-state index is 12.8. The van der Waals surface area contributed by atoms with Gasteiger partial charge in [-0.15, -0.1) is 0 Å². The molecular weight excluding hydrogens is 408 g/mol. The summed E-state index contributed by atoms with van der Waals surface area (Å²) in [6.45, 7) is 3.06. The molecule has 1 aliphatic rings. The van der Waals surface area contributed by atoms with Gasteiger partial charge in [0.25, 0.3) is 5.91 Å². The number of hydrogen-bond donors (Lipinski definition) is 1. The molecule has 0 unspecified atom stereocenters. The summed E-state index contributed by atoms with van der Waals surface area (Å²) in [6.07, 6.45) is 3.80. The normalized spacial score (nSPS) is 15.9. The van der Waals surface area contributed by atoms with Gasteiger partial charge in [-0.2, -0.15) is 0 Å². The molecule has 32 heavy (non-hydrogen) atoms. The minimum Gasteiger partial charge on any atom is -0.497 e. The second-order valence-electron chi connectivity index (χ2n) is 7.83. The van der Waals surface area contributed by atoms with E-state index in [1.807, 2.05) is 36.4 Å². The van der Waals surface area contributed by atoms with Gasteiger partial charge in [0.15, 0.2) is 0 Å². The molecule has 1 atom stereocenters. The fraction of sp³-hybridized carbons (Fsp3) is 0.280. The van der Waals surface area contributed by atoms with Gasteiger partial charge in [-0.25, -0.2) is 0 Å². The van der Waals surface area contributed by atoms with Gasteiger partial charge in [-0.1, -0.05) is 0 Å². The molecule has 1 N–H and O–H groups in total. The van der Waals surface area contributed by atoms with E-state index in [1.165, 1.54) is 0 Å². The van der Waals surface area contributed by atoms with E-state index in [4.69, 9.17) is 18.6 Å². The number of nitrogens with one attached hydrogen (secondary N) is 1. The number of carbonyl (C=O) groups excluding carboxylic acids is 1. The zero-order valence-corrected chi connectivity index (χ0v) is 18.0. The molecule has 5 rings (SSSR count). The van der Waals surface area contributed by atoms with Gasteiger partial charge < -0.3 is 23.9 Å². The molecule has 2 aromatic heterocycles. The van der Waals surface area contributed by atoms with Crippen LogP contribution in [-0.2, 0) is 4.74 Å². The topological polar surface area (TPSA) is 82.8 Å². The monoisotopic (exact) mass is 432 g/mol. The van der Waals surface area contributed by atoms with Crippen molar-refractivity contribution in [1.82, 2.24) is 10.3 Å². The first kappa shape index (κ1) is 20.3. The van der Waals surface area contributed by atoms with Crippen LogP contribution in [0.3, 0.4) is 0 Å². The molecule has 1 fully saturated rings. The largest absolute Gasteiger partial charge is 0.497 e. The molecule has 7 nitrogen and oxygen atoms in total. The molecule has 0 saturated carbocycles. The molecule has 164 valence electrons. The van der Waals surface area contributed by atoms with Crippen LogP contribution in [-0.4, -0.2) is 37.3 Å². The summed E-state index contributed by atoms with van der Waals surface area (Å²) >= 11 is 0. The minimum absolute atomic E-state index is 0.0903. The Hall–Kier alpha value is -3.58. The number of hydrogen-bond acceptors (Lipinski definition) is 6. The molecule has 1 saturated heterocycles. The van der Waals surface area contributed by atoms with Crippen LogP contribution >= 0.6 is 0 Å². The summed E-state index contributed by atoms with van der Waals surface area (Å²) in [7, 11) is 1.62. The maximum atomic E-state index is 12.8. The minimum atomic E-state index is -0.153. The van der Waals surface area contributed by atoms with Crippen molar-refractivity contribution in [3.8, 4) is 17.2 Å². The number of rotatable bonds is 6. The zero-order chi connectivity index (χ0) is 22.1. The molecule has 0 bridgehead atoms. The Morgan fingerprint density at radius 2 is 2.00 bits per heavy atom. The highest BCUT2D eigenvalue weighted by Gasteiger charge is 2.21. The van der Waals surface area contributed by atoms with E-state index < -0.39 is 0 Å². The highest BCUT2D eigenvalue weighted by molar-refractivity contribution is 6.07. The van der Waals surface area contributed by atoms with Crippen molar-refractivity contribution in [3.05, 3.63) is 60.0 Å². The molecule has 3 heterocycles. The van der Waals surface area contributed by atoms with Crippen LogP contribution in [0.15, 0.2) is 53.1 Å². The lowest BCUT2D eigenvalue weighted by Gasteiger charge is -2.11. The number of pyridine rings is 1. The lowest BCUT2D eigenvalue weighted by molar-refractivity contribution is 0.0857. The SMILES string of the molecule is COc1ccc2c(Oc3ccc4c(C(=O)NC[C@@H]5CCCO5)c(C)oc4c3)ccnc2c1. The van der Waals surface area contributed by atoms with E-state index >= 15 is 0 Å². The van der Waals surface area contributed by atoms with Gasteiger partial charge in [0.05, 0.1) is 24.3 Å². The van der Waals surface area contributed by atoms with Gasteiger partial charge in [0.2, 0.25) is 0 Å². The number of nitrogens with zero attached hydrogens (tertiary/aromatic N) is 1. The first-order valence-electron chi connectivity index (χ1n) is 10.7. The van der Waals surface area contributed by atoms with E-state index in [2.05, 4.69) is 10.3 Å². The summed E-state index contributed by atoms with van der Waals surface area (Å²) in [6, 6.07) is 13.0. The van der Waals surface area contributed by atoms with Crippen LogP contribution in [0, 0.1) is 6.92 Å². The van der Waals surface area contributed by atoms with Gasteiger partial charge >= 0.3 is 0 Å². The third-order valence-corrected chi connectivity index (χ3v) is 5.72. The van der Waals surface area contributed by atoms with Crippen molar-refractivity contribution in [2.45, 2.75) is 25.9 Å². The van der Waals surface area contributed by atoms with E-state index in [0.717, 1.165) is 41.5 Å². The summed E-state index contributed by atoms with van der Waals surface area (Å²) in [5.41, 5.74) is 1.93. The average molecular weight is 432 g/mol. The zero-order valence-electron chi connectivity index (χ0n) is 18.0. The van der Waals surface area contributed by atoms with Gasteiger partial charge in [0.1, 0.15) is 28.6 Å². The third-order valence-electron chi connectivity index (χ3n) is 5.72. The molecule has 1 amide bonds. The van der Waals surface area contributed by atoms with Gasteiger partial charge in [0, 0.05) is 42.3 Å². The fourth-order valence-corrected chi connectivity index (χ4v) is 4.09. The van der Waals surface area contributed by atoms with Crippen LogP contribution in [0.1, 0.15) is 29.0 Å². The predicted molar refractivity (Wildman–Crippen MR) is 121 cm³/mol. The number of amides is 1. The van der Waals surface area contributed by atoms with Crippen molar-refractivity contribution in [1.29, 1.82) is 0 Å². The smallest absolute Gasteiger partial charge is 0.255 e. The number of fused-ring (bicyclic) bond motifs is 2. The third kappa shape index (κ3) is 3.87. The van der Waals surface area contributed by atoms with Crippen molar-refractivity contribution in [3.63, 3.8) is 0 Å². The van der Waals surface area contributed by atoms with Crippen LogP contribution in [0.2, 0.25) is 0 Å². The number of furan rings is 1. The highest BCUT2D eigenvalue weighted by atomic mass is 16.5. The second-order valence-corrected chi connectivity index (χ2v) is 7.83. The summed E-state index contributed by atoms with van der Waals surface area (Å²) in [4.78, 5) is 17.2. The fourth-order valence-electron chi connectivity index (χ4n) is 4.09. The summed E-state index contributed by atoms with van der Waals surface area (Å²) < 4.78 is 22.9. The Bertz CT molecular complexity index is 1290. The first-order chi connectivity index (χ1) is 15.6. The van der Waals surface area contributed by atoms with E-state index in [1.54, 1.807) is 26.3 Å². The van der Waals surface area contributed by atoms with Crippen molar-refractivity contribution in [2.24, 2.45) is 0 Å². The number of aromatic nitrogens is 1. The molecule has 4 aromatic rings. The van der Waals surface area contributed by atoms with E-state index in [9.17, 15) is 4.79 Å². The Balaban J connectivity index is 1.40. The van der Waals surface area contributed by atoms with Crippen LogP contribution in [0.5, 0.6) is 17.2 Å². The summed E-state index contributed by atoms with van der Waals surface area (Å²) in [5.74, 6) is 2.44. The Morgan fingerprint density at radius 3 is 2.81 bits per heavy atom. The summed E-state index contributed by atoms with van der Waals surface area (Å²) in [5, 5.41) is 4.60. The standard InChI is InChI=1S/C25H24N2O5/c1-15-24(25(28)27-14-18-4-3-11-30-18)20-8-6-17(13-23(20)31-15)32-22-9-10-26-21-12-16(29-2)5-7-19(21)22/h5-10,12-13,18H,3-4,11,14H2,1-2H3,(H,27,28)/t18-/m0/s1. The number of ether oxygens (including phenoxy) is 3. The number of carbonyl (C=O) groups is 1. The molecule has 2 aromatic carbocycles. The van der Waals surface area contributed by atoms with Crippen molar-refractivity contribution < 1.29 is 23.4 Å². The predicted octanol–water partition coefficient (Wildman–Crippen LogP) is 5.00. The Kier molecular flexibility index (Phi) is 5.41. The molecular formula is C25H24N2O5. The van der Waals surface area contributed by atoms with Crippen LogP contribution in [0.25, 0.3) is 21.9 Å². The Morgan fingerprint density at radius 1 is 1.16 bits per heavy atom. The first-order valence-corrected chi connectivity index (χ1v) is 10.7. The number of methoxy groups -OCH3 is 1. The van der Waals surface area contributed by atoms with Crippen molar-refractivity contribution >= 4 is 27.8 Å². The van der Waals surface area contributed by atoms with Crippen molar-refractivity contribution in [2.75, 3.05) is 20.3 Å². The lowest BCUT2D eigenvalue weighted by Crippen LogP contribution is -2.31. The molecule has 1 aliphatic heterocycles. The van der Waals surface area contributed by atoms with E-state index in [0.29, 0.717) is 35.0 Å². The second kappa shape index (κ2) is 8.51. The number of benzene rings is 2. The highest BCUT2D eigenvalue weighted by Crippen LogP contribution is 2.34. The molecule has 7 heteroatoms. The average Bonchev–Trinajstić information content (AvgIpc) is 3.44. The quantitative estimate of drug-likeness (QED) is 0.462. The van der Waals surface area contributed by atoms with E-state index in [-0.39, 0.29) is 12.0 Å². The van der Waals surface area contributed by atoms with Crippen LogP contribution in [0.4, 0.5) is 0 Å². The van der Waals surface area contributed by atoms with Gasteiger partial charge in [-0.05, 0) is 50.1 Å². The lowest BCUT2D eigenvalue weighted by atomic mass is 10.1. The van der Waals surface area contributed by atoms with Gasteiger partial charge in [-0.3, -0.25) is 9.78 Å².